The summed E-state index contributed by atoms with van der Waals surface area (Å²) in [6, 6.07) is 16.0. The summed E-state index contributed by atoms with van der Waals surface area (Å²) < 4.78 is 0. The van der Waals surface area contributed by atoms with E-state index >= 15 is 0 Å². The lowest BCUT2D eigenvalue weighted by atomic mass is 9.99. The van der Waals surface area contributed by atoms with Crippen molar-refractivity contribution in [3.8, 4) is 0 Å². The van der Waals surface area contributed by atoms with Crippen molar-refractivity contribution in [1.82, 2.24) is 4.90 Å². The third-order valence-electron chi connectivity index (χ3n) is 5.17. The van der Waals surface area contributed by atoms with Crippen LogP contribution in [0.4, 0.5) is 16.2 Å². The summed E-state index contributed by atoms with van der Waals surface area (Å²) in [5.74, 6) is 0.539. The van der Waals surface area contributed by atoms with Crippen LogP contribution in [0.15, 0.2) is 48.5 Å². The highest BCUT2D eigenvalue weighted by atomic mass is 16.2. The zero-order chi connectivity index (χ0) is 18.4. The SMILES string of the molecule is CC[C@@H](C)c1ccc(NC(=O)Nc2ccc(CN3CCCC3)cc2)cc1. The van der Waals surface area contributed by atoms with Gasteiger partial charge in [-0.3, -0.25) is 4.90 Å². The van der Waals surface area contributed by atoms with Gasteiger partial charge in [0.05, 0.1) is 0 Å². The molecule has 138 valence electrons. The molecule has 1 aliphatic heterocycles. The van der Waals surface area contributed by atoms with Crippen molar-refractivity contribution in [3.63, 3.8) is 0 Å². The van der Waals surface area contributed by atoms with Crippen LogP contribution in [-0.4, -0.2) is 24.0 Å². The number of benzene rings is 2. The number of amides is 2. The molecule has 2 aromatic carbocycles. The van der Waals surface area contributed by atoms with Crippen LogP contribution in [-0.2, 0) is 6.54 Å². The first-order chi connectivity index (χ1) is 12.6. The van der Waals surface area contributed by atoms with Crippen LogP contribution >= 0.6 is 0 Å². The van der Waals surface area contributed by atoms with Crippen molar-refractivity contribution in [2.24, 2.45) is 0 Å². The second-order valence-electron chi connectivity index (χ2n) is 7.19. The molecule has 1 atom stereocenters. The van der Waals surface area contributed by atoms with Gasteiger partial charge < -0.3 is 10.6 Å². The Labute approximate surface area is 156 Å². The molecule has 0 unspecified atom stereocenters. The van der Waals surface area contributed by atoms with Crippen molar-refractivity contribution in [1.29, 1.82) is 0 Å². The molecular formula is C22H29N3O. The minimum Gasteiger partial charge on any atom is -0.308 e. The number of carbonyl (C=O) groups excluding carboxylic acids is 1. The van der Waals surface area contributed by atoms with Gasteiger partial charge in [0.15, 0.2) is 0 Å². The van der Waals surface area contributed by atoms with Gasteiger partial charge in [-0.25, -0.2) is 4.79 Å². The molecule has 2 amide bonds. The smallest absolute Gasteiger partial charge is 0.308 e. The van der Waals surface area contributed by atoms with Gasteiger partial charge >= 0.3 is 6.03 Å². The number of hydrogen-bond acceptors (Lipinski definition) is 2. The molecule has 26 heavy (non-hydrogen) atoms. The first kappa shape index (κ1) is 18.5. The maximum atomic E-state index is 12.2. The molecule has 1 fully saturated rings. The minimum absolute atomic E-state index is 0.214. The molecule has 0 radical (unpaired) electrons. The molecule has 0 aromatic heterocycles. The van der Waals surface area contributed by atoms with Crippen LogP contribution in [0.25, 0.3) is 0 Å². The van der Waals surface area contributed by atoms with E-state index in [9.17, 15) is 4.79 Å². The molecule has 1 aliphatic rings. The van der Waals surface area contributed by atoms with Crippen LogP contribution in [0, 0.1) is 0 Å². The Balaban J connectivity index is 1.51. The lowest BCUT2D eigenvalue weighted by molar-refractivity contribution is 0.262. The molecule has 1 heterocycles. The van der Waals surface area contributed by atoms with E-state index in [1.807, 2.05) is 24.3 Å². The van der Waals surface area contributed by atoms with Gasteiger partial charge in [0.25, 0.3) is 0 Å². The van der Waals surface area contributed by atoms with Crippen molar-refractivity contribution in [2.75, 3.05) is 23.7 Å². The van der Waals surface area contributed by atoms with Gasteiger partial charge in [0, 0.05) is 17.9 Å². The summed E-state index contributed by atoms with van der Waals surface area (Å²) in [5.41, 5.74) is 4.20. The molecule has 4 nitrogen and oxygen atoms in total. The zero-order valence-electron chi connectivity index (χ0n) is 15.8. The van der Waals surface area contributed by atoms with Gasteiger partial charge in [-0.1, -0.05) is 38.1 Å². The van der Waals surface area contributed by atoms with E-state index in [1.165, 1.54) is 37.1 Å². The number of likely N-dealkylation sites (tertiary alicyclic amines) is 1. The fraction of sp³-hybridized carbons (Fsp3) is 0.409. The van der Waals surface area contributed by atoms with E-state index < -0.39 is 0 Å². The predicted octanol–water partition coefficient (Wildman–Crippen LogP) is 5.44. The first-order valence-corrected chi connectivity index (χ1v) is 9.63. The second-order valence-corrected chi connectivity index (χ2v) is 7.19. The Morgan fingerprint density at radius 2 is 1.50 bits per heavy atom. The number of rotatable bonds is 6. The molecule has 0 bridgehead atoms. The average molecular weight is 351 g/mol. The van der Waals surface area contributed by atoms with Crippen molar-refractivity contribution in [3.05, 3.63) is 59.7 Å². The number of nitrogens with zero attached hydrogens (tertiary/aromatic N) is 1. The highest BCUT2D eigenvalue weighted by Crippen LogP contribution is 2.21. The van der Waals surface area contributed by atoms with Crippen molar-refractivity contribution in [2.45, 2.75) is 45.6 Å². The predicted molar refractivity (Wildman–Crippen MR) is 109 cm³/mol. The Morgan fingerprint density at radius 1 is 0.962 bits per heavy atom. The largest absolute Gasteiger partial charge is 0.323 e. The Morgan fingerprint density at radius 3 is 2.04 bits per heavy atom. The third kappa shape index (κ3) is 5.09. The van der Waals surface area contributed by atoms with Gasteiger partial charge in [-0.15, -0.1) is 0 Å². The quantitative estimate of drug-likeness (QED) is 0.728. The molecule has 4 heteroatoms. The summed E-state index contributed by atoms with van der Waals surface area (Å²) >= 11 is 0. The van der Waals surface area contributed by atoms with Crippen LogP contribution in [0.2, 0.25) is 0 Å². The minimum atomic E-state index is -0.214. The van der Waals surface area contributed by atoms with E-state index in [1.54, 1.807) is 0 Å². The Bertz CT molecular complexity index is 703. The lowest BCUT2D eigenvalue weighted by Crippen LogP contribution is -2.20. The number of anilines is 2. The average Bonchev–Trinajstić information content (AvgIpc) is 3.16. The number of hydrogen-bond donors (Lipinski definition) is 2. The first-order valence-electron chi connectivity index (χ1n) is 9.63. The number of urea groups is 1. The van der Waals surface area contributed by atoms with Gasteiger partial charge in [-0.2, -0.15) is 0 Å². The molecule has 0 saturated carbocycles. The fourth-order valence-corrected chi connectivity index (χ4v) is 3.32. The molecule has 0 aliphatic carbocycles. The highest BCUT2D eigenvalue weighted by Gasteiger charge is 2.11. The van der Waals surface area contributed by atoms with Gasteiger partial charge in [-0.05, 0) is 73.7 Å². The van der Waals surface area contributed by atoms with E-state index in [2.05, 4.69) is 53.6 Å². The third-order valence-corrected chi connectivity index (χ3v) is 5.17. The highest BCUT2D eigenvalue weighted by molar-refractivity contribution is 5.99. The Kier molecular flexibility index (Phi) is 6.29. The normalized spacial score (nSPS) is 15.6. The van der Waals surface area contributed by atoms with E-state index in [4.69, 9.17) is 0 Å². The monoisotopic (exact) mass is 351 g/mol. The number of nitrogens with one attached hydrogen (secondary N) is 2. The molecule has 2 aromatic rings. The summed E-state index contributed by atoms with van der Waals surface area (Å²) in [4.78, 5) is 14.7. The topological polar surface area (TPSA) is 44.4 Å². The van der Waals surface area contributed by atoms with Gasteiger partial charge in [0.2, 0.25) is 0 Å². The van der Waals surface area contributed by atoms with Crippen LogP contribution in [0.3, 0.4) is 0 Å². The van der Waals surface area contributed by atoms with Crippen molar-refractivity contribution >= 4 is 17.4 Å². The van der Waals surface area contributed by atoms with E-state index in [0.717, 1.165) is 24.3 Å². The fourth-order valence-electron chi connectivity index (χ4n) is 3.32. The Hall–Kier alpha value is -2.33. The summed E-state index contributed by atoms with van der Waals surface area (Å²) in [7, 11) is 0. The van der Waals surface area contributed by atoms with Crippen LogP contribution < -0.4 is 10.6 Å². The van der Waals surface area contributed by atoms with Crippen molar-refractivity contribution < 1.29 is 4.79 Å². The molecular weight excluding hydrogens is 322 g/mol. The summed E-state index contributed by atoms with van der Waals surface area (Å²) in [6.07, 6.45) is 3.72. The molecule has 3 rings (SSSR count). The van der Waals surface area contributed by atoms with E-state index in [0.29, 0.717) is 5.92 Å². The maximum absolute atomic E-state index is 12.2. The standard InChI is InChI=1S/C22H29N3O/c1-3-17(2)19-8-12-21(13-9-19)24-22(26)23-20-10-6-18(7-11-20)16-25-14-4-5-15-25/h6-13,17H,3-5,14-16H2,1-2H3,(H2,23,24,26)/t17-/m1/s1. The summed E-state index contributed by atoms with van der Waals surface area (Å²) in [5, 5.41) is 5.79. The molecule has 0 spiro atoms. The molecule has 2 N–H and O–H groups in total. The van der Waals surface area contributed by atoms with Crippen LogP contribution in [0.1, 0.15) is 50.2 Å². The summed E-state index contributed by atoms with van der Waals surface area (Å²) in [6.45, 7) is 7.77. The second kappa shape index (κ2) is 8.86. The zero-order valence-corrected chi connectivity index (χ0v) is 15.8. The maximum Gasteiger partial charge on any atom is 0.323 e. The molecule has 1 saturated heterocycles. The van der Waals surface area contributed by atoms with Gasteiger partial charge in [0.1, 0.15) is 0 Å². The lowest BCUT2D eigenvalue weighted by Gasteiger charge is -2.15. The van der Waals surface area contributed by atoms with Crippen LogP contribution in [0.5, 0.6) is 0 Å². The van der Waals surface area contributed by atoms with E-state index in [-0.39, 0.29) is 6.03 Å². The number of carbonyl (C=O) groups is 1.